The van der Waals surface area contributed by atoms with Gasteiger partial charge in [0.25, 0.3) is 0 Å². The number of carbonyl (C=O) groups is 1. The number of nitrogens with one attached hydrogen (secondary N) is 1. The monoisotopic (exact) mass is 397 g/mol. The Bertz CT molecular complexity index is 901. The number of anilines is 1. The number of benzene rings is 1. The number of halogens is 2. The van der Waals surface area contributed by atoms with E-state index in [1.54, 1.807) is 24.5 Å². The first-order chi connectivity index (χ1) is 12.4. The van der Waals surface area contributed by atoms with Gasteiger partial charge in [0.05, 0.1) is 9.92 Å². The summed E-state index contributed by atoms with van der Waals surface area (Å²) in [5.41, 5.74) is 0.654. The zero-order chi connectivity index (χ0) is 18.7. The van der Waals surface area contributed by atoms with Crippen LogP contribution < -0.4 is 5.32 Å². The molecule has 6 nitrogen and oxygen atoms in total. The lowest BCUT2D eigenvalue weighted by Crippen LogP contribution is -2.41. The fourth-order valence-electron chi connectivity index (χ4n) is 2.82. The first-order valence-electron chi connectivity index (χ1n) is 8.04. The van der Waals surface area contributed by atoms with E-state index in [0.29, 0.717) is 18.5 Å². The molecule has 1 fully saturated rings. The van der Waals surface area contributed by atoms with Crippen molar-refractivity contribution in [1.82, 2.24) is 9.29 Å². The molecular formula is C17H17ClFN3O3S. The molecule has 26 heavy (non-hydrogen) atoms. The van der Waals surface area contributed by atoms with Gasteiger partial charge in [0.1, 0.15) is 5.82 Å². The molecule has 0 radical (unpaired) electrons. The number of carbonyl (C=O) groups excluding carboxylic acids is 1. The van der Waals surface area contributed by atoms with Crippen LogP contribution in [0.5, 0.6) is 0 Å². The molecule has 2 heterocycles. The molecule has 1 saturated heterocycles. The van der Waals surface area contributed by atoms with E-state index in [0.717, 1.165) is 12.1 Å². The minimum absolute atomic E-state index is 0.0522. The van der Waals surface area contributed by atoms with Crippen molar-refractivity contribution in [3.8, 4) is 0 Å². The van der Waals surface area contributed by atoms with Gasteiger partial charge in [-0.15, -0.1) is 0 Å². The molecule has 3 rings (SSSR count). The number of rotatable bonds is 4. The molecule has 0 atom stereocenters. The van der Waals surface area contributed by atoms with Crippen LogP contribution in [-0.4, -0.2) is 36.7 Å². The molecule has 0 saturated carbocycles. The molecule has 1 aromatic carbocycles. The smallest absolute Gasteiger partial charge is 0.243 e. The topological polar surface area (TPSA) is 79.4 Å². The van der Waals surface area contributed by atoms with Gasteiger partial charge in [-0.3, -0.25) is 9.78 Å². The fraction of sp³-hybridized carbons (Fsp3) is 0.294. The van der Waals surface area contributed by atoms with Crippen molar-refractivity contribution in [2.45, 2.75) is 17.7 Å². The van der Waals surface area contributed by atoms with Crippen LogP contribution in [0.3, 0.4) is 0 Å². The van der Waals surface area contributed by atoms with Gasteiger partial charge in [-0.05, 0) is 43.2 Å². The highest BCUT2D eigenvalue weighted by Crippen LogP contribution is 2.27. The van der Waals surface area contributed by atoms with E-state index >= 15 is 0 Å². The zero-order valence-electron chi connectivity index (χ0n) is 13.7. The Hall–Kier alpha value is -2.03. The highest BCUT2D eigenvalue weighted by atomic mass is 35.5. The Balaban J connectivity index is 1.64. The van der Waals surface area contributed by atoms with Crippen molar-refractivity contribution >= 4 is 33.2 Å². The Morgan fingerprint density at radius 1 is 1.19 bits per heavy atom. The average Bonchev–Trinajstić information content (AvgIpc) is 2.65. The van der Waals surface area contributed by atoms with Crippen LogP contribution in [0.15, 0.2) is 47.6 Å². The van der Waals surface area contributed by atoms with Gasteiger partial charge in [0.15, 0.2) is 0 Å². The molecular weight excluding hydrogens is 381 g/mol. The Labute approximate surface area is 156 Å². The van der Waals surface area contributed by atoms with E-state index in [1.165, 1.54) is 10.4 Å². The molecule has 9 heteroatoms. The van der Waals surface area contributed by atoms with E-state index in [2.05, 4.69) is 10.3 Å². The lowest BCUT2D eigenvalue weighted by molar-refractivity contribution is -0.120. The fourth-order valence-corrected chi connectivity index (χ4v) is 4.57. The van der Waals surface area contributed by atoms with Crippen molar-refractivity contribution in [2.24, 2.45) is 5.92 Å². The molecule has 1 amide bonds. The summed E-state index contributed by atoms with van der Waals surface area (Å²) in [6, 6.07) is 6.71. The average molecular weight is 398 g/mol. The summed E-state index contributed by atoms with van der Waals surface area (Å²) in [6.07, 6.45) is 3.98. The van der Waals surface area contributed by atoms with E-state index in [4.69, 9.17) is 11.6 Å². The van der Waals surface area contributed by atoms with Gasteiger partial charge in [-0.2, -0.15) is 4.31 Å². The predicted octanol–water partition coefficient (Wildman–Crippen LogP) is 2.91. The quantitative estimate of drug-likeness (QED) is 0.860. The number of hydrogen-bond donors (Lipinski definition) is 1. The van der Waals surface area contributed by atoms with Crippen molar-refractivity contribution in [3.63, 3.8) is 0 Å². The van der Waals surface area contributed by atoms with Crippen LogP contribution >= 0.6 is 11.6 Å². The van der Waals surface area contributed by atoms with Crippen molar-refractivity contribution in [2.75, 3.05) is 18.4 Å². The molecule has 0 bridgehead atoms. The SMILES string of the molecule is O=C(Nc1ccncc1)C1CCN(S(=O)(=O)c2ccc(F)c(Cl)c2)CC1. The van der Waals surface area contributed by atoms with E-state index in [9.17, 15) is 17.6 Å². The Morgan fingerprint density at radius 2 is 1.85 bits per heavy atom. The van der Waals surface area contributed by atoms with Gasteiger partial charge in [-0.1, -0.05) is 11.6 Å². The first kappa shape index (κ1) is 18.8. The largest absolute Gasteiger partial charge is 0.326 e. The van der Waals surface area contributed by atoms with Crippen LogP contribution in [-0.2, 0) is 14.8 Å². The molecule has 1 aromatic heterocycles. The molecule has 1 aliphatic heterocycles. The second-order valence-corrected chi connectivity index (χ2v) is 8.32. The summed E-state index contributed by atoms with van der Waals surface area (Å²) in [6.45, 7) is 0.428. The first-order valence-corrected chi connectivity index (χ1v) is 9.86. The maximum absolute atomic E-state index is 13.3. The standard InChI is InChI=1S/C17H17ClFN3O3S/c18-15-11-14(1-2-16(15)19)26(24,25)22-9-5-12(6-10-22)17(23)21-13-3-7-20-8-4-13/h1-4,7-8,11-12H,5-6,9-10H2,(H,20,21,23). The van der Waals surface area contributed by atoms with Crippen LogP contribution in [0, 0.1) is 11.7 Å². The summed E-state index contributed by atoms with van der Waals surface area (Å²) >= 11 is 5.69. The van der Waals surface area contributed by atoms with Crippen LogP contribution in [0.1, 0.15) is 12.8 Å². The normalized spacial score (nSPS) is 16.4. The molecule has 1 N–H and O–H groups in total. The summed E-state index contributed by atoms with van der Waals surface area (Å²) in [7, 11) is -3.77. The maximum Gasteiger partial charge on any atom is 0.243 e. The summed E-state index contributed by atoms with van der Waals surface area (Å²) in [5.74, 6) is -1.08. The predicted molar refractivity (Wildman–Crippen MR) is 95.8 cm³/mol. The molecule has 0 spiro atoms. The third-order valence-electron chi connectivity index (χ3n) is 4.30. The molecule has 1 aliphatic rings. The number of nitrogens with zero attached hydrogens (tertiary/aromatic N) is 2. The highest BCUT2D eigenvalue weighted by Gasteiger charge is 2.32. The highest BCUT2D eigenvalue weighted by molar-refractivity contribution is 7.89. The molecule has 0 aliphatic carbocycles. The number of pyridine rings is 1. The minimum atomic E-state index is -3.77. The molecule has 2 aromatic rings. The van der Waals surface area contributed by atoms with Gasteiger partial charge >= 0.3 is 0 Å². The van der Waals surface area contributed by atoms with E-state index in [1.807, 2.05) is 0 Å². The van der Waals surface area contributed by atoms with Crippen molar-refractivity contribution in [3.05, 3.63) is 53.6 Å². The maximum atomic E-state index is 13.3. The second-order valence-electron chi connectivity index (χ2n) is 5.98. The van der Waals surface area contributed by atoms with Gasteiger partial charge in [-0.25, -0.2) is 12.8 Å². The lowest BCUT2D eigenvalue weighted by atomic mass is 9.97. The zero-order valence-corrected chi connectivity index (χ0v) is 15.3. The molecule has 0 unspecified atom stereocenters. The number of aromatic nitrogens is 1. The van der Waals surface area contributed by atoms with Gasteiger partial charge in [0, 0.05) is 37.1 Å². The third-order valence-corrected chi connectivity index (χ3v) is 6.49. The van der Waals surface area contributed by atoms with Crippen molar-refractivity contribution in [1.29, 1.82) is 0 Å². The molecule has 138 valence electrons. The number of sulfonamides is 1. The number of hydrogen-bond acceptors (Lipinski definition) is 4. The summed E-state index contributed by atoms with van der Waals surface area (Å²) in [5, 5.41) is 2.57. The third kappa shape index (κ3) is 4.03. The summed E-state index contributed by atoms with van der Waals surface area (Å²) in [4.78, 5) is 16.2. The Kier molecular flexibility index (Phi) is 5.55. The summed E-state index contributed by atoms with van der Waals surface area (Å²) < 4.78 is 39.9. The minimum Gasteiger partial charge on any atom is -0.326 e. The van der Waals surface area contributed by atoms with Crippen LogP contribution in [0.2, 0.25) is 5.02 Å². The van der Waals surface area contributed by atoms with E-state index < -0.39 is 15.8 Å². The van der Waals surface area contributed by atoms with Crippen LogP contribution in [0.25, 0.3) is 0 Å². The van der Waals surface area contributed by atoms with Gasteiger partial charge in [0.2, 0.25) is 15.9 Å². The second kappa shape index (κ2) is 7.69. The van der Waals surface area contributed by atoms with Gasteiger partial charge < -0.3 is 5.32 Å². The number of amides is 1. The van der Waals surface area contributed by atoms with Crippen LogP contribution in [0.4, 0.5) is 10.1 Å². The number of piperidine rings is 1. The van der Waals surface area contributed by atoms with Crippen molar-refractivity contribution < 1.29 is 17.6 Å². The lowest BCUT2D eigenvalue weighted by Gasteiger charge is -2.30. The van der Waals surface area contributed by atoms with E-state index in [-0.39, 0.29) is 34.8 Å². The Morgan fingerprint density at radius 3 is 2.46 bits per heavy atom.